The molecule has 7 nitrogen and oxygen atoms in total. The largest absolute Gasteiger partial charge is 0.342 e. The van der Waals surface area contributed by atoms with Crippen LogP contribution in [0.5, 0.6) is 0 Å². The van der Waals surface area contributed by atoms with Crippen molar-refractivity contribution in [2.45, 2.75) is 65.0 Å². The average Bonchev–Trinajstić information content (AvgIpc) is 3.29. The van der Waals surface area contributed by atoms with Crippen LogP contribution in [0.4, 0.5) is 0 Å². The SMILES string of the molecule is CCC(C)(C)n1nnnc1C[NH+]1CCC(c2nc3ccc(C)cc3[nH]2)CC1. The van der Waals surface area contributed by atoms with Gasteiger partial charge in [0.2, 0.25) is 5.82 Å². The summed E-state index contributed by atoms with van der Waals surface area (Å²) in [6, 6.07) is 6.42. The molecule has 27 heavy (non-hydrogen) atoms. The Hall–Kier alpha value is -2.28. The van der Waals surface area contributed by atoms with E-state index in [1.54, 1.807) is 4.90 Å². The van der Waals surface area contributed by atoms with Crippen molar-refractivity contribution in [1.29, 1.82) is 0 Å². The molecule has 0 spiro atoms. The van der Waals surface area contributed by atoms with Crippen LogP contribution < -0.4 is 4.90 Å². The van der Waals surface area contributed by atoms with E-state index >= 15 is 0 Å². The van der Waals surface area contributed by atoms with Gasteiger partial charge in [-0.15, -0.1) is 5.10 Å². The number of hydrogen-bond donors (Lipinski definition) is 2. The molecule has 1 aliphatic rings. The number of aryl methyl sites for hydroxylation is 1. The summed E-state index contributed by atoms with van der Waals surface area (Å²) in [5.74, 6) is 2.66. The summed E-state index contributed by atoms with van der Waals surface area (Å²) in [5, 5.41) is 12.5. The van der Waals surface area contributed by atoms with Gasteiger partial charge >= 0.3 is 0 Å². The molecule has 2 aromatic heterocycles. The topological polar surface area (TPSA) is 76.7 Å². The molecule has 144 valence electrons. The van der Waals surface area contributed by atoms with Crippen LogP contribution in [0.1, 0.15) is 63.2 Å². The third-order valence-corrected chi connectivity index (χ3v) is 6.12. The highest BCUT2D eigenvalue weighted by Crippen LogP contribution is 2.25. The van der Waals surface area contributed by atoms with Crippen molar-refractivity contribution in [3.05, 3.63) is 35.4 Å². The third-order valence-electron chi connectivity index (χ3n) is 6.12. The number of quaternary nitrogens is 1. The van der Waals surface area contributed by atoms with Gasteiger partial charge in [-0.25, -0.2) is 9.67 Å². The van der Waals surface area contributed by atoms with Crippen molar-refractivity contribution in [2.24, 2.45) is 0 Å². The van der Waals surface area contributed by atoms with E-state index in [2.05, 4.69) is 66.4 Å². The molecule has 3 aromatic rings. The lowest BCUT2D eigenvalue weighted by Crippen LogP contribution is -3.11. The zero-order chi connectivity index (χ0) is 19.0. The number of imidazole rings is 1. The molecule has 1 aliphatic heterocycles. The lowest BCUT2D eigenvalue weighted by atomic mass is 9.96. The first-order chi connectivity index (χ1) is 13.0. The van der Waals surface area contributed by atoms with Gasteiger partial charge in [0.25, 0.3) is 0 Å². The lowest BCUT2D eigenvalue weighted by Gasteiger charge is -2.29. The Morgan fingerprint density at radius 1 is 1.26 bits per heavy atom. The van der Waals surface area contributed by atoms with Gasteiger partial charge < -0.3 is 9.88 Å². The molecule has 7 heteroatoms. The Morgan fingerprint density at radius 3 is 2.78 bits per heavy atom. The number of tetrazole rings is 1. The smallest absolute Gasteiger partial charge is 0.206 e. The van der Waals surface area contributed by atoms with Crippen LogP contribution in [-0.2, 0) is 12.1 Å². The Balaban J connectivity index is 1.41. The van der Waals surface area contributed by atoms with E-state index in [9.17, 15) is 0 Å². The maximum absolute atomic E-state index is 4.83. The third kappa shape index (κ3) is 3.60. The number of piperidine rings is 1. The van der Waals surface area contributed by atoms with Crippen LogP contribution in [0.3, 0.4) is 0 Å². The first kappa shape index (κ1) is 18.1. The van der Waals surface area contributed by atoms with Gasteiger partial charge in [-0.05, 0) is 55.3 Å². The maximum atomic E-state index is 4.83. The van der Waals surface area contributed by atoms with Crippen LogP contribution in [0.25, 0.3) is 11.0 Å². The fourth-order valence-corrected chi connectivity index (χ4v) is 3.97. The Morgan fingerprint density at radius 2 is 2.04 bits per heavy atom. The fraction of sp³-hybridized carbons (Fsp3) is 0.600. The highest BCUT2D eigenvalue weighted by Gasteiger charge is 2.29. The second-order valence-corrected chi connectivity index (χ2v) is 8.52. The van der Waals surface area contributed by atoms with Crippen molar-refractivity contribution >= 4 is 11.0 Å². The predicted octanol–water partition coefficient (Wildman–Crippen LogP) is 1.97. The van der Waals surface area contributed by atoms with Gasteiger partial charge in [0.1, 0.15) is 12.4 Å². The predicted molar refractivity (Wildman–Crippen MR) is 105 cm³/mol. The second kappa shape index (κ2) is 7.03. The van der Waals surface area contributed by atoms with E-state index in [0.29, 0.717) is 5.92 Å². The van der Waals surface area contributed by atoms with E-state index in [1.807, 2.05) is 4.68 Å². The summed E-state index contributed by atoms with van der Waals surface area (Å²) in [7, 11) is 0. The number of rotatable bonds is 5. The minimum atomic E-state index is -0.0387. The minimum absolute atomic E-state index is 0.0387. The van der Waals surface area contributed by atoms with E-state index in [1.165, 1.54) is 5.56 Å². The molecule has 3 heterocycles. The first-order valence-corrected chi connectivity index (χ1v) is 10.0. The van der Waals surface area contributed by atoms with Crippen molar-refractivity contribution in [2.75, 3.05) is 13.1 Å². The highest BCUT2D eigenvalue weighted by atomic mass is 15.6. The molecule has 0 aliphatic carbocycles. The number of nitrogens with zero attached hydrogens (tertiary/aromatic N) is 5. The summed E-state index contributed by atoms with van der Waals surface area (Å²) in [6.45, 7) is 11.8. The highest BCUT2D eigenvalue weighted by molar-refractivity contribution is 5.75. The normalized spacial score (nSPS) is 21.0. The number of fused-ring (bicyclic) bond motifs is 1. The molecule has 1 saturated heterocycles. The Kier molecular flexibility index (Phi) is 4.72. The van der Waals surface area contributed by atoms with Gasteiger partial charge in [-0.3, -0.25) is 0 Å². The molecular weight excluding hydrogens is 338 g/mol. The van der Waals surface area contributed by atoms with E-state index in [0.717, 1.165) is 61.6 Å². The maximum Gasteiger partial charge on any atom is 0.206 e. The van der Waals surface area contributed by atoms with E-state index in [-0.39, 0.29) is 5.54 Å². The Bertz CT molecular complexity index is 915. The van der Waals surface area contributed by atoms with Crippen molar-refractivity contribution in [1.82, 2.24) is 30.2 Å². The van der Waals surface area contributed by atoms with Crippen LogP contribution in [0, 0.1) is 6.92 Å². The zero-order valence-electron chi connectivity index (χ0n) is 16.8. The molecule has 0 unspecified atom stereocenters. The number of aromatic nitrogens is 6. The summed E-state index contributed by atoms with van der Waals surface area (Å²) in [6.07, 6.45) is 3.30. The lowest BCUT2D eigenvalue weighted by molar-refractivity contribution is -0.919. The standard InChI is InChI=1S/C20H29N7/c1-5-20(3,4)27-18(23-24-25-27)13-26-10-8-15(9-11-26)19-21-16-7-6-14(2)12-17(16)22-19/h6-7,12,15H,5,8-11,13H2,1-4H3,(H,21,22)/p+1. The van der Waals surface area contributed by atoms with E-state index in [4.69, 9.17) is 4.98 Å². The molecule has 2 N–H and O–H groups in total. The van der Waals surface area contributed by atoms with Crippen LogP contribution >= 0.6 is 0 Å². The summed E-state index contributed by atoms with van der Waals surface area (Å²) in [5.41, 5.74) is 3.46. The number of benzene rings is 1. The molecular formula is C20H30N7+. The minimum Gasteiger partial charge on any atom is -0.342 e. The molecule has 1 fully saturated rings. The van der Waals surface area contributed by atoms with Crippen molar-refractivity contribution in [3.63, 3.8) is 0 Å². The van der Waals surface area contributed by atoms with Crippen molar-refractivity contribution < 1.29 is 4.90 Å². The molecule has 0 atom stereocenters. The zero-order valence-corrected chi connectivity index (χ0v) is 16.8. The average molecular weight is 369 g/mol. The number of H-pyrrole nitrogens is 1. The molecule has 1 aromatic carbocycles. The number of nitrogens with one attached hydrogen (secondary N) is 2. The van der Waals surface area contributed by atoms with Gasteiger partial charge in [-0.2, -0.15) is 0 Å². The number of aromatic amines is 1. The van der Waals surface area contributed by atoms with Gasteiger partial charge in [0.15, 0.2) is 0 Å². The molecule has 4 rings (SSSR count). The molecule has 0 bridgehead atoms. The summed E-state index contributed by atoms with van der Waals surface area (Å²) in [4.78, 5) is 9.94. The summed E-state index contributed by atoms with van der Waals surface area (Å²) >= 11 is 0. The molecule has 0 amide bonds. The fourth-order valence-electron chi connectivity index (χ4n) is 3.97. The number of hydrogen-bond acceptors (Lipinski definition) is 4. The Labute approximate surface area is 160 Å². The monoisotopic (exact) mass is 368 g/mol. The quantitative estimate of drug-likeness (QED) is 0.722. The first-order valence-electron chi connectivity index (χ1n) is 10.0. The number of likely N-dealkylation sites (tertiary alicyclic amines) is 1. The second-order valence-electron chi connectivity index (χ2n) is 8.52. The van der Waals surface area contributed by atoms with Crippen LogP contribution in [0.2, 0.25) is 0 Å². The van der Waals surface area contributed by atoms with E-state index < -0.39 is 0 Å². The molecule has 0 saturated carbocycles. The van der Waals surface area contributed by atoms with Crippen molar-refractivity contribution in [3.8, 4) is 0 Å². The molecule has 0 radical (unpaired) electrons. The summed E-state index contributed by atoms with van der Waals surface area (Å²) < 4.78 is 2.01. The van der Waals surface area contributed by atoms with Crippen LogP contribution in [-0.4, -0.2) is 43.3 Å². The van der Waals surface area contributed by atoms with Gasteiger partial charge in [0, 0.05) is 18.8 Å². The van der Waals surface area contributed by atoms with Gasteiger partial charge in [-0.1, -0.05) is 13.0 Å². The van der Waals surface area contributed by atoms with Gasteiger partial charge in [0.05, 0.1) is 29.7 Å². The van der Waals surface area contributed by atoms with Crippen LogP contribution in [0.15, 0.2) is 18.2 Å².